The van der Waals surface area contributed by atoms with E-state index in [0.29, 0.717) is 5.95 Å². The Bertz CT molecular complexity index is 898. The third kappa shape index (κ3) is 3.20. The Balaban J connectivity index is 1.97. The largest absolute Gasteiger partial charge is 0.496 e. The number of fused-ring (bicyclic) bond motifs is 1. The molecule has 0 saturated carbocycles. The normalized spacial score (nSPS) is 11.6. The Labute approximate surface area is 141 Å². The SMILES string of the molecule is COc1ccc(/C(C)=N\Nc2nc(C)cc(C)n2)c2ccccc12. The van der Waals surface area contributed by atoms with Crippen LogP contribution < -0.4 is 10.2 Å². The van der Waals surface area contributed by atoms with Crippen molar-refractivity contribution in [3.63, 3.8) is 0 Å². The lowest BCUT2D eigenvalue weighted by Gasteiger charge is -2.10. The second-order valence-corrected chi connectivity index (χ2v) is 5.64. The number of nitrogens with zero attached hydrogens (tertiary/aromatic N) is 3. The number of ether oxygens (including phenoxy) is 1. The first-order valence-electron chi connectivity index (χ1n) is 7.77. The number of hydrazone groups is 1. The molecule has 2 aromatic carbocycles. The van der Waals surface area contributed by atoms with Crippen LogP contribution in [0.3, 0.4) is 0 Å². The molecule has 5 nitrogen and oxygen atoms in total. The van der Waals surface area contributed by atoms with Crippen LogP contribution in [0.4, 0.5) is 5.95 Å². The van der Waals surface area contributed by atoms with Crippen molar-refractivity contribution in [2.75, 3.05) is 12.5 Å². The van der Waals surface area contributed by atoms with Crippen LogP contribution >= 0.6 is 0 Å². The van der Waals surface area contributed by atoms with Crippen molar-refractivity contribution < 1.29 is 4.74 Å². The molecule has 3 rings (SSSR count). The molecule has 0 aliphatic heterocycles. The van der Waals surface area contributed by atoms with Crippen LogP contribution in [0, 0.1) is 13.8 Å². The quantitative estimate of drug-likeness (QED) is 0.581. The van der Waals surface area contributed by atoms with Gasteiger partial charge in [-0.25, -0.2) is 15.4 Å². The molecule has 0 bridgehead atoms. The molecule has 122 valence electrons. The minimum atomic E-state index is 0.504. The summed E-state index contributed by atoms with van der Waals surface area (Å²) in [7, 11) is 1.68. The maximum Gasteiger partial charge on any atom is 0.243 e. The molecule has 0 unspecified atom stereocenters. The van der Waals surface area contributed by atoms with Crippen LogP contribution in [0.5, 0.6) is 5.75 Å². The fourth-order valence-corrected chi connectivity index (χ4v) is 2.73. The number of hydrogen-bond donors (Lipinski definition) is 1. The first-order valence-corrected chi connectivity index (χ1v) is 7.77. The van der Waals surface area contributed by atoms with Gasteiger partial charge in [-0.3, -0.25) is 0 Å². The zero-order valence-corrected chi connectivity index (χ0v) is 14.3. The van der Waals surface area contributed by atoms with Crippen molar-refractivity contribution in [3.05, 3.63) is 59.4 Å². The average molecular weight is 320 g/mol. The highest BCUT2D eigenvalue weighted by Gasteiger charge is 2.08. The van der Waals surface area contributed by atoms with Gasteiger partial charge in [0.1, 0.15) is 5.75 Å². The highest BCUT2D eigenvalue weighted by Crippen LogP contribution is 2.28. The molecule has 0 aliphatic rings. The minimum Gasteiger partial charge on any atom is -0.496 e. The zero-order chi connectivity index (χ0) is 17.1. The van der Waals surface area contributed by atoms with Crippen LogP contribution in [0.1, 0.15) is 23.9 Å². The van der Waals surface area contributed by atoms with E-state index in [2.05, 4.69) is 26.6 Å². The summed E-state index contributed by atoms with van der Waals surface area (Å²) in [5.41, 5.74) is 6.67. The summed E-state index contributed by atoms with van der Waals surface area (Å²) in [4.78, 5) is 8.68. The molecule has 0 atom stereocenters. The number of benzene rings is 2. The average Bonchev–Trinajstić information content (AvgIpc) is 2.58. The summed E-state index contributed by atoms with van der Waals surface area (Å²) in [5.74, 6) is 1.36. The van der Waals surface area contributed by atoms with Gasteiger partial charge in [0.05, 0.1) is 12.8 Å². The van der Waals surface area contributed by atoms with Crippen LogP contribution in [0.2, 0.25) is 0 Å². The Morgan fingerprint density at radius 2 is 1.67 bits per heavy atom. The molecule has 0 aliphatic carbocycles. The number of aromatic nitrogens is 2. The van der Waals surface area contributed by atoms with Gasteiger partial charge in [0, 0.05) is 22.3 Å². The van der Waals surface area contributed by atoms with Crippen LogP contribution in [-0.2, 0) is 0 Å². The van der Waals surface area contributed by atoms with E-state index in [4.69, 9.17) is 4.74 Å². The predicted molar refractivity (Wildman–Crippen MR) is 97.8 cm³/mol. The Morgan fingerprint density at radius 1 is 1.00 bits per heavy atom. The maximum atomic E-state index is 5.44. The monoisotopic (exact) mass is 320 g/mol. The number of rotatable bonds is 4. The second-order valence-electron chi connectivity index (χ2n) is 5.64. The van der Waals surface area contributed by atoms with E-state index < -0.39 is 0 Å². The first-order chi connectivity index (χ1) is 11.6. The zero-order valence-electron chi connectivity index (χ0n) is 14.3. The van der Waals surface area contributed by atoms with Crippen molar-refractivity contribution >= 4 is 22.4 Å². The standard InChI is InChI=1S/C19H20N4O/c1-12-11-13(2)21-19(20-12)23-22-14(3)15-9-10-18(24-4)17-8-6-5-7-16(15)17/h5-11H,1-4H3,(H,20,21,23)/b22-14-. The molecule has 3 aromatic rings. The topological polar surface area (TPSA) is 59.4 Å². The van der Waals surface area contributed by atoms with Crippen LogP contribution in [0.15, 0.2) is 47.6 Å². The van der Waals surface area contributed by atoms with Crippen LogP contribution in [0.25, 0.3) is 10.8 Å². The second kappa shape index (κ2) is 6.66. The third-order valence-electron chi connectivity index (χ3n) is 3.80. The molecular weight excluding hydrogens is 300 g/mol. The number of hydrogen-bond acceptors (Lipinski definition) is 5. The van der Waals surface area contributed by atoms with Gasteiger partial charge in [0.15, 0.2) is 0 Å². The fraction of sp³-hybridized carbons (Fsp3) is 0.211. The molecule has 0 spiro atoms. The third-order valence-corrected chi connectivity index (χ3v) is 3.80. The fourth-order valence-electron chi connectivity index (χ4n) is 2.73. The molecular formula is C19H20N4O. The van der Waals surface area contributed by atoms with Gasteiger partial charge in [0.25, 0.3) is 0 Å². The van der Waals surface area contributed by atoms with E-state index >= 15 is 0 Å². The number of anilines is 1. The summed E-state index contributed by atoms with van der Waals surface area (Å²) in [6, 6.07) is 14.0. The summed E-state index contributed by atoms with van der Waals surface area (Å²) >= 11 is 0. The molecule has 1 heterocycles. The van der Waals surface area contributed by atoms with Gasteiger partial charge in [-0.15, -0.1) is 0 Å². The minimum absolute atomic E-state index is 0.504. The molecule has 1 aromatic heterocycles. The summed E-state index contributed by atoms with van der Waals surface area (Å²) < 4.78 is 5.44. The van der Waals surface area contributed by atoms with E-state index in [1.165, 1.54) is 0 Å². The highest BCUT2D eigenvalue weighted by molar-refractivity contribution is 6.11. The molecule has 0 fully saturated rings. The predicted octanol–water partition coefficient (Wildman–Crippen LogP) is 4.09. The lowest BCUT2D eigenvalue weighted by molar-refractivity contribution is 0.420. The maximum absolute atomic E-state index is 5.44. The summed E-state index contributed by atoms with van der Waals surface area (Å²) in [6.45, 7) is 5.84. The van der Waals surface area contributed by atoms with E-state index in [9.17, 15) is 0 Å². The number of aryl methyl sites for hydroxylation is 2. The molecule has 0 saturated heterocycles. The molecule has 0 radical (unpaired) electrons. The van der Waals surface area contributed by atoms with E-state index in [0.717, 1.165) is 39.2 Å². The Morgan fingerprint density at radius 3 is 2.33 bits per heavy atom. The van der Waals surface area contributed by atoms with Crippen LogP contribution in [-0.4, -0.2) is 22.8 Å². The van der Waals surface area contributed by atoms with E-state index in [1.807, 2.05) is 57.2 Å². The van der Waals surface area contributed by atoms with Gasteiger partial charge in [0.2, 0.25) is 5.95 Å². The summed E-state index contributed by atoms with van der Waals surface area (Å²) in [5, 5.41) is 6.62. The molecule has 0 amide bonds. The van der Waals surface area contributed by atoms with E-state index in [-0.39, 0.29) is 0 Å². The van der Waals surface area contributed by atoms with Crippen molar-refractivity contribution in [1.82, 2.24) is 9.97 Å². The molecule has 5 heteroatoms. The Kier molecular flexibility index (Phi) is 4.42. The lowest BCUT2D eigenvalue weighted by atomic mass is 10.0. The Hall–Kier alpha value is -2.95. The molecule has 24 heavy (non-hydrogen) atoms. The van der Waals surface area contributed by atoms with Gasteiger partial charge >= 0.3 is 0 Å². The van der Waals surface area contributed by atoms with Gasteiger partial charge in [-0.1, -0.05) is 24.3 Å². The molecule has 1 N–H and O–H groups in total. The summed E-state index contributed by atoms with van der Waals surface area (Å²) in [6.07, 6.45) is 0. The van der Waals surface area contributed by atoms with E-state index in [1.54, 1.807) is 7.11 Å². The van der Waals surface area contributed by atoms with Crippen molar-refractivity contribution in [2.24, 2.45) is 5.10 Å². The highest BCUT2D eigenvalue weighted by atomic mass is 16.5. The first kappa shape index (κ1) is 15.9. The smallest absolute Gasteiger partial charge is 0.243 e. The van der Waals surface area contributed by atoms with Gasteiger partial charge in [-0.05, 0) is 44.4 Å². The van der Waals surface area contributed by atoms with Gasteiger partial charge in [-0.2, -0.15) is 5.10 Å². The van der Waals surface area contributed by atoms with Crippen molar-refractivity contribution in [2.45, 2.75) is 20.8 Å². The van der Waals surface area contributed by atoms with Gasteiger partial charge < -0.3 is 4.74 Å². The van der Waals surface area contributed by atoms with Crippen molar-refractivity contribution in [1.29, 1.82) is 0 Å². The lowest BCUT2D eigenvalue weighted by Crippen LogP contribution is -2.04. The number of methoxy groups -OCH3 is 1. The van der Waals surface area contributed by atoms with Crippen molar-refractivity contribution in [3.8, 4) is 5.75 Å². The number of nitrogens with one attached hydrogen (secondary N) is 1.